The van der Waals surface area contributed by atoms with Crippen molar-refractivity contribution in [1.29, 1.82) is 0 Å². The highest BCUT2D eigenvalue weighted by molar-refractivity contribution is 6.03. The molecule has 0 saturated heterocycles. The van der Waals surface area contributed by atoms with Crippen LogP contribution in [-0.2, 0) is 6.54 Å². The molecule has 0 saturated carbocycles. The number of amides is 1. The van der Waals surface area contributed by atoms with Gasteiger partial charge in [0, 0.05) is 18.2 Å². The van der Waals surface area contributed by atoms with Gasteiger partial charge in [0.05, 0.1) is 11.9 Å². The Hall–Kier alpha value is -3.21. The maximum atomic E-state index is 13.0. The van der Waals surface area contributed by atoms with Gasteiger partial charge in [-0.1, -0.05) is 30.3 Å². The average Bonchev–Trinajstić information content (AvgIpc) is 2.68. The zero-order valence-electron chi connectivity index (χ0n) is 15.4. The molecule has 0 unspecified atom stereocenters. The molecule has 0 fully saturated rings. The first-order valence-electron chi connectivity index (χ1n) is 8.86. The molecule has 0 spiro atoms. The van der Waals surface area contributed by atoms with Gasteiger partial charge < -0.3 is 10.2 Å². The summed E-state index contributed by atoms with van der Waals surface area (Å²) in [6.07, 6.45) is 1.75. The van der Waals surface area contributed by atoms with Crippen LogP contribution in [0.5, 0.6) is 0 Å². The van der Waals surface area contributed by atoms with E-state index in [1.54, 1.807) is 12.3 Å². The molecule has 1 heterocycles. The van der Waals surface area contributed by atoms with Crippen LogP contribution in [0.4, 0.5) is 15.9 Å². The highest BCUT2D eigenvalue weighted by atomic mass is 19.1. The lowest BCUT2D eigenvalue weighted by molar-refractivity contribution is 0.102. The van der Waals surface area contributed by atoms with E-state index < -0.39 is 0 Å². The van der Waals surface area contributed by atoms with Crippen molar-refractivity contribution in [2.75, 3.05) is 10.2 Å². The van der Waals surface area contributed by atoms with E-state index in [4.69, 9.17) is 0 Å². The molecule has 2 aromatic carbocycles. The summed E-state index contributed by atoms with van der Waals surface area (Å²) in [5.41, 5.74) is 2.59. The standard InChI is InChI=1S/C22H22FN3O/c1-16(2)26(15-17-6-4-3-5-7-17)20-12-13-21(24-14-20)25-22(27)18-8-10-19(23)11-9-18/h3-14,16H,15H2,1-2H3,(H,24,25,27). The predicted octanol–water partition coefficient (Wildman–Crippen LogP) is 4.89. The van der Waals surface area contributed by atoms with Crippen LogP contribution in [0, 0.1) is 5.82 Å². The first-order chi connectivity index (χ1) is 13.0. The van der Waals surface area contributed by atoms with E-state index in [9.17, 15) is 9.18 Å². The van der Waals surface area contributed by atoms with Gasteiger partial charge in [-0.3, -0.25) is 4.79 Å². The summed E-state index contributed by atoms with van der Waals surface area (Å²) in [5.74, 6) is -0.238. The van der Waals surface area contributed by atoms with Crippen LogP contribution in [0.3, 0.4) is 0 Å². The van der Waals surface area contributed by atoms with Crippen molar-refractivity contribution in [2.24, 2.45) is 0 Å². The second kappa shape index (κ2) is 8.45. The van der Waals surface area contributed by atoms with Gasteiger partial charge in [0.1, 0.15) is 11.6 Å². The normalized spacial score (nSPS) is 10.7. The smallest absolute Gasteiger partial charge is 0.256 e. The maximum Gasteiger partial charge on any atom is 0.256 e. The second-order valence-corrected chi connectivity index (χ2v) is 6.57. The molecule has 0 aliphatic heterocycles. The Bertz CT molecular complexity index is 878. The number of carbonyl (C=O) groups is 1. The fraction of sp³-hybridized carbons (Fsp3) is 0.182. The van der Waals surface area contributed by atoms with E-state index in [0.29, 0.717) is 17.4 Å². The number of anilines is 2. The topological polar surface area (TPSA) is 45.2 Å². The van der Waals surface area contributed by atoms with Crippen molar-refractivity contribution < 1.29 is 9.18 Å². The third-order valence-corrected chi connectivity index (χ3v) is 4.25. The number of halogens is 1. The first kappa shape index (κ1) is 18.6. The Morgan fingerprint density at radius 3 is 2.33 bits per heavy atom. The monoisotopic (exact) mass is 363 g/mol. The van der Waals surface area contributed by atoms with Crippen LogP contribution in [0.2, 0.25) is 0 Å². The quantitative estimate of drug-likeness (QED) is 0.678. The Morgan fingerprint density at radius 2 is 1.74 bits per heavy atom. The van der Waals surface area contributed by atoms with Crippen LogP contribution in [0.15, 0.2) is 72.9 Å². The molecule has 0 radical (unpaired) electrons. The molecule has 1 N–H and O–H groups in total. The van der Waals surface area contributed by atoms with Gasteiger partial charge in [-0.15, -0.1) is 0 Å². The van der Waals surface area contributed by atoms with E-state index in [-0.39, 0.29) is 11.7 Å². The van der Waals surface area contributed by atoms with Crippen molar-refractivity contribution in [3.05, 3.63) is 89.9 Å². The Balaban J connectivity index is 1.71. The van der Waals surface area contributed by atoms with E-state index in [0.717, 1.165) is 12.2 Å². The molecule has 3 aromatic rings. The summed E-state index contributed by atoms with van der Waals surface area (Å²) >= 11 is 0. The molecule has 5 heteroatoms. The number of benzene rings is 2. The van der Waals surface area contributed by atoms with Crippen LogP contribution in [0.25, 0.3) is 0 Å². The van der Waals surface area contributed by atoms with E-state index in [2.05, 4.69) is 41.2 Å². The van der Waals surface area contributed by atoms with Gasteiger partial charge in [0.2, 0.25) is 0 Å². The molecular weight excluding hydrogens is 341 g/mol. The summed E-state index contributed by atoms with van der Waals surface area (Å²) in [6.45, 7) is 5.04. The van der Waals surface area contributed by atoms with Gasteiger partial charge in [0.15, 0.2) is 0 Å². The molecule has 1 aromatic heterocycles. The molecule has 27 heavy (non-hydrogen) atoms. The summed E-state index contributed by atoms with van der Waals surface area (Å²) in [6, 6.07) is 19.7. The third-order valence-electron chi connectivity index (χ3n) is 4.25. The highest BCUT2D eigenvalue weighted by Crippen LogP contribution is 2.21. The molecule has 0 aliphatic carbocycles. The zero-order valence-corrected chi connectivity index (χ0v) is 15.4. The van der Waals surface area contributed by atoms with Crippen molar-refractivity contribution >= 4 is 17.4 Å². The fourth-order valence-electron chi connectivity index (χ4n) is 2.77. The van der Waals surface area contributed by atoms with Crippen LogP contribution in [-0.4, -0.2) is 16.9 Å². The number of aromatic nitrogens is 1. The number of nitrogens with one attached hydrogen (secondary N) is 1. The minimum atomic E-state index is -0.374. The van der Waals surface area contributed by atoms with E-state index >= 15 is 0 Å². The molecule has 0 aliphatic rings. The number of nitrogens with zero attached hydrogens (tertiary/aromatic N) is 2. The minimum absolute atomic E-state index is 0.298. The van der Waals surface area contributed by atoms with Gasteiger partial charge in [-0.2, -0.15) is 0 Å². The Labute approximate surface area is 158 Å². The maximum absolute atomic E-state index is 13.0. The van der Waals surface area contributed by atoms with E-state index in [1.807, 2.05) is 24.3 Å². The van der Waals surface area contributed by atoms with Crippen molar-refractivity contribution in [3.8, 4) is 0 Å². The number of hydrogen-bond donors (Lipinski definition) is 1. The first-order valence-corrected chi connectivity index (χ1v) is 8.86. The number of rotatable bonds is 6. The van der Waals surface area contributed by atoms with Crippen molar-refractivity contribution in [1.82, 2.24) is 4.98 Å². The third kappa shape index (κ3) is 4.91. The molecule has 1 amide bonds. The number of carbonyl (C=O) groups excluding carboxylic acids is 1. The summed E-state index contributed by atoms with van der Waals surface area (Å²) in [5, 5.41) is 2.73. The summed E-state index contributed by atoms with van der Waals surface area (Å²) < 4.78 is 13.0. The summed E-state index contributed by atoms with van der Waals surface area (Å²) in [7, 11) is 0. The fourth-order valence-corrected chi connectivity index (χ4v) is 2.77. The van der Waals surface area contributed by atoms with Gasteiger partial charge in [-0.25, -0.2) is 9.37 Å². The molecule has 138 valence electrons. The Morgan fingerprint density at radius 1 is 1.04 bits per heavy atom. The Kier molecular flexibility index (Phi) is 5.81. The average molecular weight is 363 g/mol. The lowest BCUT2D eigenvalue weighted by Crippen LogP contribution is -2.30. The second-order valence-electron chi connectivity index (χ2n) is 6.57. The van der Waals surface area contributed by atoms with E-state index in [1.165, 1.54) is 29.8 Å². The van der Waals surface area contributed by atoms with Crippen LogP contribution >= 0.6 is 0 Å². The summed E-state index contributed by atoms with van der Waals surface area (Å²) in [4.78, 5) is 18.8. The molecular formula is C22H22FN3O. The number of pyridine rings is 1. The molecule has 0 atom stereocenters. The molecule has 0 bridgehead atoms. The lowest BCUT2D eigenvalue weighted by Gasteiger charge is -2.29. The lowest BCUT2D eigenvalue weighted by atomic mass is 10.1. The molecule has 4 nitrogen and oxygen atoms in total. The molecule has 3 rings (SSSR count). The predicted molar refractivity (Wildman–Crippen MR) is 106 cm³/mol. The zero-order chi connectivity index (χ0) is 19.2. The minimum Gasteiger partial charge on any atom is -0.364 e. The van der Waals surface area contributed by atoms with Crippen molar-refractivity contribution in [3.63, 3.8) is 0 Å². The SMILES string of the molecule is CC(C)N(Cc1ccccc1)c1ccc(NC(=O)c2ccc(F)cc2)nc1. The number of hydrogen-bond acceptors (Lipinski definition) is 3. The van der Waals surface area contributed by atoms with Gasteiger partial charge in [0.25, 0.3) is 5.91 Å². The van der Waals surface area contributed by atoms with Crippen LogP contribution in [0.1, 0.15) is 29.8 Å². The van der Waals surface area contributed by atoms with Crippen LogP contribution < -0.4 is 10.2 Å². The highest BCUT2D eigenvalue weighted by Gasteiger charge is 2.13. The van der Waals surface area contributed by atoms with Gasteiger partial charge in [-0.05, 0) is 55.8 Å². The van der Waals surface area contributed by atoms with Crippen molar-refractivity contribution in [2.45, 2.75) is 26.4 Å². The van der Waals surface area contributed by atoms with Gasteiger partial charge >= 0.3 is 0 Å². The largest absolute Gasteiger partial charge is 0.364 e.